The first-order valence-electron chi connectivity index (χ1n) is 7.70. The molecule has 3 aromatic rings. The summed E-state index contributed by atoms with van der Waals surface area (Å²) in [4.78, 5) is 12.2. The minimum Gasteiger partial charge on any atom is -0.346 e. The summed E-state index contributed by atoms with van der Waals surface area (Å²) in [6, 6.07) is 3.96. The summed E-state index contributed by atoms with van der Waals surface area (Å²) in [5.41, 5.74) is 1.81. The van der Waals surface area contributed by atoms with E-state index >= 15 is 0 Å². The Morgan fingerprint density at radius 2 is 2.17 bits per heavy atom. The average Bonchev–Trinajstić information content (AvgIpc) is 3.02. The van der Waals surface area contributed by atoms with Gasteiger partial charge in [-0.25, -0.2) is 17.7 Å². The Morgan fingerprint density at radius 3 is 3.00 bits per heavy atom. The summed E-state index contributed by atoms with van der Waals surface area (Å²) in [6.07, 6.45) is 8.59. The Hall–Kier alpha value is -1.99. The van der Waals surface area contributed by atoms with Crippen LogP contribution in [-0.2, 0) is 10.0 Å². The number of aromatic amines is 1. The molecule has 0 radical (unpaired) electrons. The van der Waals surface area contributed by atoms with E-state index in [2.05, 4.69) is 15.0 Å². The van der Waals surface area contributed by atoms with Crippen LogP contribution in [0, 0.1) is 0 Å². The van der Waals surface area contributed by atoms with Crippen LogP contribution >= 0.6 is 0 Å². The van der Waals surface area contributed by atoms with Crippen LogP contribution in [0.2, 0.25) is 0 Å². The Labute approximate surface area is 134 Å². The van der Waals surface area contributed by atoms with Gasteiger partial charge in [-0.3, -0.25) is 4.98 Å². The molecular formula is C16H18N4O2S. The van der Waals surface area contributed by atoms with E-state index in [1.54, 1.807) is 10.5 Å². The molecule has 0 saturated carbocycles. The van der Waals surface area contributed by atoms with E-state index in [4.69, 9.17) is 0 Å². The van der Waals surface area contributed by atoms with Gasteiger partial charge in [-0.05, 0) is 25.0 Å². The van der Waals surface area contributed by atoms with Gasteiger partial charge < -0.3 is 4.98 Å². The molecule has 3 aromatic heterocycles. The molecule has 4 heterocycles. The monoisotopic (exact) mass is 330 g/mol. The van der Waals surface area contributed by atoms with Gasteiger partial charge in [-0.1, -0.05) is 0 Å². The second-order valence-corrected chi connectivity index (χ2v) is 8.10. The van der Waals surface area contributed by atoms with Gasteiger partial charge in [0.25, 0.3) is 0 Å². The largest absolute Gasteiger partial charge is 0.346 e. The molecule has 0 amide bonds. The molecule has 0 spiro atoms. The van der Waals surface area contributed by atoms with Crippen LogP contribution < -0.4 is 0 Å². The molecule has 7 heteroatoms. The lowest BCUT2D eigenvalue weighted by Gasteiger charge is -2.31. The van der Waals surface area contributed by atoms with Crippen LogP contribution in [0.25, 0.3) is 21.8 Å². The van der Waals surface area contributed by atoms with Crippen molar-refractivity contribution in [3.05, 3.63) is 36.4 Å². The fraction of sp³-hybridized carbons (Fsp3) is 0.375. The molecule has 1 aliphatic rings. The van der Waals surface area contributed by atoms with Crippen molar-refractivity contribution in [2.45, 2.75) is 18.8 Å². The molecule has 1 saturated heterocycles. The normalized spacial score (nSPS) is 20.3. The van der Waals surface area contributed by atoms with Crippen LogP contribution in [-0.4, -0.2) is 47.0 Å². The maximum absolute atomic E-state index is 11.9. The van der Waals surface area contributed by atoms with Gasteiger partial charge in [0, 0.05) is 53.8 Å². The lowest BCUT2D eigenvalue weighted by Crippen LogP contribution is -2.38. The van der Waals surface area contributed by atoms with Gasteiger partial charge >= 0.3 is 0 Å². The van der Waals surface area contributed by atoms with Crippen molar-refractivity contribution in [1.82, 2.24) is 19.3 Å². The van der Waals surface area contributed by atoms with Crippen molar-refractivity contribution in [2.75, 3.05) is 19.3 Å². The molecule has 1 unspecified atom stereocenters. The smallest absolute Gasteiger partial charge is 0.211 e. The number of pyridine rings is 2. The molecule has 0 aromatic carbocycles. The fourth-order valence-corrected chi connectivity index (χ4v) is 4.39. The maximum Gasteiger partial charge on any atom is 0.211 e. The zero-order valence-corrected chi connectivity index (χ0v) is 13.7. The standard InChI is InChI=1S/C16H18N4O2S/c1-23(21,22)20-8-2-3-12(10-20)15-14-11(4-6-17-15)9-19-16-13(14)5-7-18-16/h4-7,9,12H,2-3,8,10H2,1H3,(H,18,19). The Balaban J connectivity index is 1.86. The van der Waals surface area contributed by atoms with Crippen molar-refractivity contribution in [3.63, 3.8) is 0 Å². The molecule has 120 valence electrons. The van der Waals surface area contributed by atoms with Gasteiger partial charge in [0.05, 0.1) is 11.9 Å². The van der Waals surface area contributed by atoms with E-state index in [0.717, 1.165) is 40.3 Å². The number of nitrogens with zero attached hydrogens (tertiary/aromatic N) is 3. The average molecular weight is 330 g/mol. The predicted molar refractivity (Wildman–Crippen MR) is 89.8 cm³/mol. The van der Waals surface area contributed by atoms with Crippen molar-refractivity contribution < 1.29 is 8.42 Å². The zero-order valence-electron chi connectivity index (χ0n) is 12.9. The molecule has 1 aliphatic heterocycles. The predicted octanol–water partition coefficient (Wildman–Crippen LogP) is 2.25. The van der Waals surface area contributed by atoms with E-state index in [0.29, 0.717) is 13.1 Å². The van der Waals surface area contributed by atoms with Crippen molar-refractivity contribution >= 4 is 31.8 Å². The highest BCUT2D eigenvalue weighted by Crippen LogP contribution is 2.34. The van der Waals surface area contributed by atoms with E-state index in [1.807, 2.05) is 24.5 Å². The molecule has 1 fully saturated rings. The molecular weight excluding hydrogens is 312 g/mol. The number of H-pyrrole nitrogens is 1. The molecule has 1 atom stereocenters. The minimum atomic E-state index is -3.16. The van der Waals surface area contributed by atoms with Gasteiger partial charge in [-0.2, -0.15) is 0 Å². The summed E-state index contributed by atoms with van der Waals surface area (Å²) >= 11 is 0. The highest BCUT2D eigenvalue weighted by atomic mass is 32.2. The van der Waals surface area contributed by atoms with Crippen LogP contribution in [0.5, 0.6) is 0 Å². The van der Waals surface area contributed by atoms with Gasteiger partial charge in [0.15, 0.2) is 0 Å². The molecule has 0 aliphatic carbocycles. The third-order valence-electron chi connectivity index (χ3n) is 4.58. The summed E-state index contributed by atoms with van der Waals surface area (Å²) in [6.45, 7) is 1.10. The van der Waals surface area contributed by atoms with Gasteiger partial charge in [0.2, 0.25) is 10.0 Å². The van der Waals surface area contributed by atoms with Crippen molar-refractivity contribution in [3.8, 4) is 0 Å². The van der Waals surface area contributed by atoms with E-state index < -0.39 is 10.0 Å². The first-order valence-corrected chi connectivity index (χ1v) is 9.55. The summed E-state index contributed by atoms with van der Waals surface area (Å²) in [7, 11) is -3.16. The van der Waals surface area contributed by atoms with Crippen LogP contribution in [0.15, 0.2) is 30.7 Å². The fourth-order valence-electron chi connectivity index (χ4n) is 3.47. The minimum absolute atomic E-state index is 0.114. The number of hydrogen-bond acceptors (Lipinski definition) is 4. The topological polar surface area (TPSA) is 79.0 Å². The van der Waals surface area contributed by atoms with Crippen molar-refractivity contribution in [1.29, 1.82) is 0 Å². The molecule has 6 nitrogen and oxygen atoms in total. The first kappa shape index (κ1) is 14.6. The quantitative estimate of drug-likeness (QED) is 0.781. The SMILES string of the molecule is CS(=O)(=O)N1CCCC(c2nccc3cnc4[nH]ccc4c23)C1. The number of sulfonamides is 1. The summed E-state index contributed by atoms with van der Waals surface area (Å²) in [5, 5.41) is 3.17. The number of piperidine rings is 1. The third kappa shape index (κ3) is 2.49. The Morgan fingerprint density at radius 1 is 1.30 bits per heavy atom. The number of hydrogen-bond donors (Lipinski definition) is 1. The highest BCUT2D eigenvalue weighted by Gasteiger charge is 2.29. The van der Waals surface area contributed by atoms with Crippen LogP contribution in [0.4, 0.5) is 0 Å². The van der Waals surface area contributed by atoms with Crippen LogP contribution in [0.3, 0.4) is 0 Å². The second kappa shape index (κ2) is 5.28. The second-order valence-electron chi connectivity index (χ2n) is 6.12. The van der Waals surface area contributed by atoms with Gasteiger partial charge in [0.1, 0.15) is 5.65 Å². The number of rotatable bonds is 2. The number of fused-ring (bicyclic) bond motifs is 3. The Bertz CT molecular complexity index is 980. The molecule has 4 rings (SSSR count). The van der Waals surface area contributed by atoms with Crippen molar-refractivity contribution in [2.24, 2.45) is 0 Å². The lowest BCUT2D eigenvalue weighted by molar-refractivity contribution is 0.315. The number of nitrogens with one attached hydrogen (secondary N) is 1. The zero-order chi connectivity index (χ0) is 16.0. The molecule has 23 heavy (non-hydrogen) atoms. The van der Waals surface area contributed by atoms with Crippen LogP contribution in [0.1, 0.15) is 24.5 Å². The maximum atomic E-state index is 11.9. The third-order valence-corrected chi connectivity index (χ3v) is 5.85. The van der Waals surface area contributed by atoms with E-state index in [1.165, 1.54) is 6.26 Å². The van der Waals surface area contributed by atoms with Gasteiger partial charge in [-0.15, -0.1) is 0 Å². The molecule has 1 N–H and O–H groups in total. The molecule has 0 bridgehead atoms. The van der Waals surface area contributed by atoms with E-state index in [-0.39, 0.29) is 5.92 Å². The highest BCUT2D eigenvalue weighted by molar-refractivity contribution is 7.88. The summed E-state index contributed by atoms with van der Waals surface area (Å²) < 4.78 is 25.3. The first-order chi connectivity index (χ1) is 11.0. The Kier molecular flexibility index (Phi) is 3.35. The summed E-state index contributed by atoms with van der Waals surface area (Å²) in [5.74, 6) is 0.114. The lowest BCUT2D eigenvalue weighted by atomic mass is 9.92. The van der Waals surface area contributed by atoms with E-state index in [9.17, 15) is 8.42 Å². The number of aromatic nitrogens is 3.